The third kappa shape index (κ3) is 18.0. The zero-order valence-electron chi connectivity index (χ0n) is 41.4. The van der Waals surface area contributed by atoms with Gasteiger partial charge in [0.25, 0.3) is 0 Å². The van der Waals surface area contributed by atoms with Gasteiger partial charge in [-0.15, -0.1) is 0 Å². The second-order valence-corrected chi connectivity index (χ2v) is 18.4. The van der Waals surface area contributed by atoms with Crippen molar-refractivity contribution in [1.29, 1.82) is 0 Å². The van der Waals surface area contributed by atoms with E-state index in [0.29, 0.717) is 29.7 Å². The number of unbranched alkanes of at least 4 members (excludes halogenated alkanes) is 1. The number of fused-ring (bicyclic) bond motifs is 1. The number of nitrogens with two attached hydrogens (primary N) is 3. The van der Waals surface area contributed by atoms with Crippen LogP contribution >= 0.6 is 0 Å². The number of carbonyl (C=O) groups is 9. The number of rotatable bonds is 19. The molecule has 0 unspecified atom stereocenters. The quantitative estimate of drug-likeness (QED) is 0.0349. The molecular weight excluding hydrogens is 939 g/mol. The minimum atomic E-state index is -1.41. The average Bonchev–Trinajstić information content (AvgIpc) is 4.03. The standard InChI is InChI=1S/C51H69N13O9/c1-3-4-15-38(60-30(2)65)48(71)61-39-17-18-45(68)56-21-19-33(47(70)63-41(46(52)69)23-34-27-58-37-16-9-8-14-36(34)37)25-43(66)32(13-10-20-57-51(53)54)24-44(67)40(22-31-11-6-5-7-12-31)62-50(73)42(64-49(39)72)26-35-28-55-29-59-35/h5-9,11-12,14,16,27-29,32-33,38-42,58H,3-4,10,13,15,17-26H2,1-2H3,(H2,52,69)(H,55,59)(H,56,68)(H,60,65)(H,61,71)(H,62,73)(H,63,70)(H,64,72)(H4,53,54,57)/t32-,33-,38+,39+,40+,41+,42+/m1/s1. The highest BCUT2D eigenvalue weighted by atomic mass is 16.2. The van der Waals surface area contributed by atoms with Crippen molar-refractivity contribution in [3.8, 4) is 0 Å². The molecule has 3 heterocycles. The molecule has 5 rings (SSSR count). The molecule has 4 aromatic rings. The fraction of sp³-hybridized carbons (Fsp3) is 0.471. The summed E-state index contributed by atoms with van der Waals surface area (Å²) in [6.07, 6.45) is 4.87. The lowest BCUT2D eigenvalue weighted by Crippen LogP contribution is -2.58. The fourth-order valence-corrected chi connectivity index (χ4v) is 8.75. The molecule has 1 fully saturated rings. The lowest BCUT2D eigenvalue weighted by Gasteiger charge is -2.27. The summed E-state index contributed by atoms with van der Waals surface area (Å²) < 4.78 is 0. The van der Waals surface area contributed by atoms with Gasteiger partial charge < -0.3 is 59.1 Å². The van der Waals surface area contributed by atoms with Crippen molar-refractivity contribution in [2.24, 2.45) is 34.0 Å². The predicted octanol–water partition coefficient (Wildman–Crippen LogP) is 0.543. The molecule has 0 saturated carbocycles. The second-order valence-electron chi connectivity index (χ2n) is 18.4. The summed E-state index contributed by atoms with van der Waals surface area (Å²) in [5.41, 5.74) is 19.7. The second kappa shape index (κ2) is 28.2. The van der Waals surface area contributed by atoms with Gasteiger partial charge in [-0.2, -0.15) is 0 Å². The van der Waals surface area contributed by atoms with Crippen molar-refractivity contribution < 1.29 is 43.2 Å². The number of hydrogen-bond acceptors (Lipinski definition) is 11. The van der Waals surface area contributed by atoms with Crippen molar-refractivity contribution in [1.82, 2.24) is 46.9 Å². The maximum atomic E-state index is 14.7. The Morgan fingerprint density at radius 1 is 0.822 bits per heavy atom. The molecule has 1 saturated heterocycles. The van der Waals surface area contributed by atoms with Crippen molar-refractivity contribution in [2.75, 3.05) is 13.1 Å². The van der Waals surface area contributed by atoms with Gasteiger partial charge in [-0.1, -0.05) is 68.3 Å². The number of hydrogen-bond donors (Lipinski definition) is 11. The number of guanidine groups is 1. The number of amides is 7. The van der Waals surface area contributed by atoms with Crippen LogP contribution in [0.1, 0.15) is 94.9 Å². The van der Waals surface area contributed by atoms with Gasteiger partial charge in [0, 0.05) is 92.9 Å². The lowest BCUT2D eigenvalue weighted by atomic mass is 9.84. The number of imidazole rings is 1. The predicted molar refractivity (Wildman–Crippen MR) is 271 cm³/mol. The first-order valence-corrected chi connectivity index (χ1v) is 24.7. The molecule has 22 heteroatoms. The first kappa shape index (κ1) is 56.0. The van der Waals surface area contributed by atoms with E-state index in [1.165, 1.54) is 19.4 Å². The van der Waals surface area contributed by atoms with Crippen LogP contribution < -0.4 is 49.1 Å². The topological polar surface area (TPSA) is 361 Å². The number of benzene rings is 2. The lowest BCUT2D eigenvalue weighted by molar-refractivity contribution is -0.135. The molecule has 0 spiro atoms. The van der Waals surface area contributed by atoms with Crippen molar-refractivity contribution >= 4 is 69.8 Å². The third-order valence-corrected chi connectivity index (χ3v) is 12.7. The maximum Gasteiger partial charge on any atom is 0.243 e. The number of primary amides is 1. The van der Waals surface area contributed by atoms with E-state index in [1.807, 2.05) is 31.2 Å². The van der Waals surface area contributed by atoms with Gasteiger partial charge >= 0.3 is 0 Å². The average molecular weight is 1010 g/mol. The third-order valence-electron chi connectivity index (χ3n) is 12.7. The Bertz CT molecular complexity index is 2560. The molecule has 392 valence electrons. The van der Waals surface area contributed by atoms with Crippen molar-refractivity contribution in [3.63, 3.8) is 0 Å². The van der Waals surface area contributed by atoms with E-state index < -0.39 is 101 Å². The minimum absolute atomic E-state index is 0.00419. The first-order chi connectivity index (χ1) is 35.0. The van der Waals surface area contributed by atoms with Gasteiger partial charge in [-0.3, -0.25) is 48.1 Å². The van der Waals surface area contributed by atoms with Gasteiger partial charge in [0.05, 0.1) is 12.4 Å². The summed E-state index contributed by atoms with van der Waals surface area (Å²) in [6.45, 7) is 3.16. The van der Waals surface area contributed by atoms with Crippen LogP contribution in [0.2, 0.25) is 0 Å². The van der Waals surface area contributed by atoms with E-state index in [-0.39, 0.29) is 83.3 Å². The molecule has 2 aromatic carbocycles. The van der Waals surface area contributed by atoms with Gasteiger partial charge in [0.1, 0.15) is 30.0 Å². The van der Waals surface area contributed by atoms with E-state index in [2.05, 4.69) is 51.8 Å². The van der Waals surface area contributed by atoms with Gasteiger partial charge in [-0.05, 0) is 55.7 Å². The number of Topliss-reactive ketones (excluding diaryl/α,β-unsaturated/α-hetero) is 2. The van der Waals surface area contributed by atoms with Crippen LogP contribution in [0.3, 0.4) is 0 Å². The minimum Gasteiger partial charge on any atom is -0.370 e. The molecule has 14 N–H and O–H groups in total. The summed E-state index contributed by atoms with van der Waals surface area (Å²) >= 11 is 0. The summed E-state index contributed by atoms with van der Waals surface area (Å²) in [7, 11) is 0. The number of aliphatic imine (C=N–C) groups is 1. The van der Waals surface area contributed by atoms with Crippen LogP contribution in [-0.4, -0.2) is 117 Å². The Hall–Kier alpha value is -7.91. The van der Waals surface area contributed by atoms with Crippen LogP contribution in [0.5, 0.6) is 0 Å². The molecule has 0 aliphatic carbocycles. The zero-order chi connectivity index (χ0) is 52.9. The van der Waals surface area contributed by atoms with E-state index in [1.54, 1.807) is 36.5 Å². The highest BCUT2D eigenvalue weighted by molar-refractivity contribution is 5.98. The van der Waals surface area contributed by atoms with E-state index >= 15 is 0 Å². The van der Waals surface area contributed by atoms with Gasteiger partial charge in [0.15, 0.2) is 11.7 Å². The number of H-pyrrole nitrogens is 2. The molecule has 7 atom stereocenters. The molecule has 7 amide bonds. The summed E-state index contributed by atoms with van der Waals surface area (Å²) in [5, 5.41) is 17.2. The van der Waals surface area contributed by atoms with Crippen LogP contribution in [-0.2, 0) is 62.4 Å². The van der Waals surface area contributed by atoms with E-state index in [9.17, 15) is 43.2 Å². The zero-order valence-corrected chi connectivity index (χ0v) is 41.4. The number of aromatic nitrogens is 3. The normalized spacial score (nSPS) is 20.4. The van der Waals surface area contributed by atoms with Crippen LogP contribution in [0.25, 0.3) is 10.9 Å². The number of ketones is 2. The van der Waals surface area contributed by atoms with Crippen LogP contribution in [0, 0.1) is 11.8 Å². The van der Waals surface area contributed by atoms with E-state index in [0.717, 1.165) is 10.9 Å². The van der Waals surface area contributed by atoms with Crippen molar-refractivity contribution in [3.05, 3.63) is 90.1 Å². The molecule has 2 aromatic heterocycles. The number of para-hydroxylation sites is 1. The van der Waals surface area contributed by atoms with Crippen LogP contribution in [0.15, 0.2) is 78.3 Å². The smallest absolute Gasteiger partial charge is 0.243 e. The Labute approximate surface area is 423 Å². The molecule has 1 aliphatic heterocycles. The number of aromatic amines is 2. The molecule has 73 heavy (non-hydrogen) atoms. The molecular formula is C51H69N13O9. The molecule has 1 aliphatic rings. The Morgan fingerprint density at radius 3 is 2.26 bits per heavy atom. The van der Waals surface area contributed by atoms with Gasteiger partial charge in [0.2, 0.25) is 41.4 Å². The van der Waals surface area contributed by atoms with Gasteiger partial charge in [-0.25, -0.2) is 4.98 Å². The number of nitrogens with zero attached hydrogens (tertiary/aromatic N) is 2. The molecule has 22 nitrogen and oxygen atoms in total. The monoisotopic (exact) mass is 1010 g/mol. The summed E-state index contributed by atoms with van der Waals surface area (Å²) in [4.78, 5) is 139. The van der Waals surface area contributed by atoms with Crippen LogP contribution in [0.4, 0.5) is 0 Å². The largest absolute Gasteiger partial charge is 0.370 e. The maximum absolute atomic E-state index is 14.7. The highest BCUT2D eigenvalue weighted by Gasteiger charge is 2.35. The first-order valence-electron chi connectivity index (χ1n) is 24.7. The highest BCUT2D eigenvalue weighted by Crippen LogP contribution is 2.24. The number of nitrogens with one attached hydrogen (secondary N) is 8. The SMILES string of the molecule is CCCC[C@H](NC(C)=O)C(=O)N[C@H]1CCC(=O)NCC[C@@H](C(=O)N[C@@H](Cc2c[nH]c3ccccc23)C(N)=O)CC(=O)[C@H](CCCN=C(N)N)CC(=O)[C@H](Cc2ccccc2)NC(=O)[C@H](Cc2cnc[nH]2)NC1=O. The Kier molecular flexibility index (Phi) is 21.6. The molecule has 0 radical (unpaired) electrons. The summed E-state index contributed by atoms with van der Waals surface area (Å²) in [6, 6.07) is 10.1. The fourth-order valence-electron chi connectivity index (χ4n) is 8.75. The van der Waals surface area contributed by atoms with Crippen molar-refractivity contribution in [2.45, 2.75) is 128 Å². The Morgan fingerprint density at radius 2 is 1.56 bits per heavy atom. The Balaban J connectivity index is 1.52. The number of carbonyl (C=O) groups excluding carboxylic acids is 9. The molecule has 0 bridgehead atoms. The van der Waals surface area contributed by atoms with E-state index in [4.69, 9.17) is 17.2 Å². The summed E-state index contributed by atoms with van der Waals surface area (Å²) in [5.74, 6) is -8.19.